The summed E-state index contributed by atoms with van der Waals surface area (Å²) in [6, 6.07) is 12.0. The third kappa shape index (κ3) is 2.57. The summed E-state index contributed by atoms with van der Waals surface area (Å²) in [5, 5.41) is 12.6. The Balaban J connectivity index is 1.44. The third-order valence-electron chi connectivity index (χ3n) is 7.34. The average molecular weight is 348 g/mol. The predicted molar refractivity (Wildman–Crippen MR) is 108 cm³/mol. The molecule has 0 saturated heterocycles. The molecule has 2 heteroatoms. The number of fused-ring (bicyclic) bond motifs is 1. The molecule has 4 aliphatic carbocycles. The summed E-state index contributed by atoms with van der Waals surface area (Å²) in [6.07, 6.45) is 10.2. The van der Waals surface area contributed by atoms with Gasteiger partial charge in [0.2, 0.25) is 0 Å². The largest absolute Gasteiger partial charge is 0.507 e. The van der Waals surface area contributed by atoms with Crippen molar-refractivity contribution in [1.29, 1.82) is 0 Å². The highest BCUT2D eigenvalue weighted by atomic mass is 16.3. The van der Waals surface area contributed by atoms with Gasteiger partial charge < -0.3 is 5.11 Å². The van der Waals surface area contributed by atoms with E-state index in [9.17, 15) is 5.11 Å². The number of aromatic hydroxyl groups is 1. The lowest BCUT2D eigenvalue weighted by molar-refractivity contribution is -0.140. The maximum Gasteiger partial charge on any atom is 0.124 e. The van der Waals surface area contributed by atoms with Crippen LogP contribution >= 0.6 is 0 Å². The maximum atomic E-state index is 10.4. The fraction of sp³-hybridized carbons (Fsp3) is 0.542. The van der Waals surface area contributed by atoms with Crippen LogP contribution in [0.4, 0.5) is 0 Å². The number of phenols is 1. The zero-order chi connectivity index (χ0) is 18.0. The van der Waals surface area contributed by atoms with Gasteiger partial charge in [-0.3, -0.25) is 4.99 Å². The molecule has 0 heterocycles. The lowest BCUT2D eigenvalue weighted by Crippen LogP contribution is -2.55. The summed E-state index contributed by atoms with van der Waals surface area (Å²) in [7, 11) is 0. The van der Waals surface area contributed by atoms with Gasteiger partial charge in [-0.15, -0.1) is 0 Å². The molecule has 26 heavy (non-hydrogen) atoms. The molecule has 4 aliphatic rings. The first-order valence-electron chi connectivity index (χ1n) is 10.1. The van der Waals surface area contributed by atoms with E-state index < -0.39 is 0 Å². The number of nitrogens with zero attached hydrogens (tertiary/aromatic N) is 1. The van der Waals surface area contributed by atoms with E-state index in [2.05, 4.69) is 26.0 Å². The molecule has 1 N–H and O–H groups in total. The fourth-order valence-electron chi connectivity index (χ4n) is 7.61. The van der Waals surface area contributed by atoms with Gasteiger partial charge >= 0.3 is 0 Å². The van der Waals surface area contributed by atoms with Crippen molar-refractivity contribution in [2.75, 3.05) is 6.54 Å². The minimum absolute atomic E-state index is 0.330. The Kier molecular flexibility index (Phi) is 3.36. The highest BCUT2D eigenvalue weighted by molar-refractivity contribution is 6.02. The second kappa shape index (κ2) is 5.34. The van der Waals surface area contributed by atoms with Gasteiger partial charge in [0.25, 0.3) is 0 Å². The zero-order valence-electron chi connectivity index (χ0n) is 16.0. The first-order chi connectivity index (χ1) is 12.4. The number of phenolic OH excluding ortho intramolecular Hbond substituents is 1. The first-order valence-corrected chi connectivity index (χ1v) is 10.1. The van der Waals surface area contributed by atoms with E-state index in [0.717, 1.165) is 28.8 Å². The third-order valence-corrected chi connectivity index (χ3v) is 7.34. The number of rotatable bonds is 3. The fourth-order valence-corrected chi connectivity index (χ4v) is 7.61. The molecule has 0 amide bonds. The number of benzene rings is 2. The van der Waals surface area contributed by atoms with Crippen LogP contribution in [0.2, 0.25) is 0 Å². The molecule has 2 nitrogen and oxygen atoms in total. The Hall–Kier alpha value is -1.83. The van der Waals surface area contributed by atoms with Crippen molar-refractivity contribution in [2.24, 2.45) is 27.2 Å². The second-order valence-electron chi connectivity index (χ2n) is 10.3. The van der Waals surface area contributed by atoms with Crippen molar-refractivity contribution in [3.05, 3.63) is 42.0 Å². The van der Waals surface area contributed by atoms with E-state index in [-0.39, 0.29) is 0 Å². The van der Waals surface area contributed by atoms with Gasteiger partial charge in [0, 0.05) is 18.3 Å². The molecule has 4 fully saturated rings. The molecule has 136 valence electrons. The standard InChI is InChI=1S/C24H29NO/c1-22-9-17-10-23(2,13-22)15-24(11-17,14-22)16-25-12-20-19-6-4-3-5-18(19)7-8-21(20)26/h3-8,12,17,26H,9-11,13-16H2,1-2H3/t17?,22-,23+,24?. The van der Waals surface area contributed by atoms with Gasteiger partial charge in [-0.1, -0.05) is 44.2 Å². The molecule has 0 aromatic heterocycles. The Morgan fingerprint density at radius 3 is 2.46 bits per heavy atom. The van der Waals surface area contributed by atoms with Crippen molar-refractivity contribution in [3.63, 3.8) is 0 Å². The molecule has 6 rings (SSSR count). The molecule has 0 spiro atoms. The summed E-state index contributed by atoms with van der Waals surface area (Å²) in [5.41, 5.74) is 2.32. The highest BCUT2D eigenvalue weighted by Gasteiger charge is 2.59. The van der Waals surface area contributed by atoms with Crippen molar-refractivity contribution in [1.82, 2.24) is 0 Å². The van der Waals surface area contributed by atoms with Gasteiger partial charge in [-0.25, -0.2) is 0 Å². The van der Waals surface area contributed by atoms with Gasteiger partial charge in [-0.2, -0.15) is 0 Å². The van der Waals surface area contributed by atoms with Crippen LogP contribution in [-0.4, -0.2) is 17.9 Å². The van der Waals surface area contributed by atoms with Crippen LogP contribution in [0.15, 0.2) is 41.4 Å². The first kappa shape index (κ1) is 16.4. The molecule has 2 unspecified atom stereocenters. The lowest BCUT2D eigenvalue weighted by Gasteiger charge is -2.65. The quantitative estimate of drug-likeness (QED) is 0.683. The molecule has 2 aromatic rings. The summed E-state index contributed by atoms with van der Waals surface area (Å²) >= 11 is 0. The maximum absolute atomic E-state index is 10.4. The lowest BCUT2D eigenvalue weighted by atomic mass is 9.40. The van der Waals surface area contributed by atoms with Crippen LogP contribution in [0.1, 0.15) is 57.9 Å². The molecule has 0 radical (unpaired) electrons. The SMILES string of the molecule is C[C@]12CC3CC(CN=Cc4c(O)ccc5ccccc45)(C1)C[C@@](C)(C3)C2. The molecule has 4 saturated carbocycles. The zero-order valence-corrected chi connectivity index (χ0v) is 16.0. The van der Waals surface area contributed by atoms with Crippen molar-refractivity contribution < 1.29 is 5.11 Å². The van der Waals surface area contributed by atoms with Crippen molar-refractivity contribution in [2.45, 2.75) is 52.4 Å². The van der Waals surface area contributed by atoms with Gasteiger partial charge in [0.15, 0.2) is 0 Å². The van der Waals surface area contributed by atoms with Crippen LogP contribution in [0, 0.1) is 22.2 Å². The minimum Gasteiger partial charge on any atom is -0.507 e. The molecular weight excluding hydrogens is 318 g/mol. The summed E-state index contributed by atoms with van der Waals surface area (Å²) < 4.78 is 0. The molecule has 2 aromatic carbocycles. The number of aliphatic imine (C=N–C) groups is 1. The highest BCUT2D eigenvalue weighted by Crippen LogP contribution is 2.69. The second-order valence-corrected chi connectivity index (χ2v) is 10.3. The van der Waals surface area contributed by atoms with Gasteiger partial charge in [-0.05, 0) is 77.5 Å². The number of hydrogen-bond donors (Lipinski definition) is 1. The smallest absolute Gasteiger partial charge is 0.124 e. The van der Waals surface area contributed by atoms with Crippen LogP contribution in [0.25, 0.3) is 10.8 Å². The Bertz CT molecular complexity index is 880. The molecular formula is C24H29NO. The van der Waals surface area contributed by atoms with E-state index in [1.54, 1.807) is 6.07 Å². The molecule has 4 atom stereocenters. The van der Waals surface area contributed by atoms with E-state index in [1.807, 2.05) is 24.4 Å². The molecule has 4 bridgehead atoms. The summed E-state index contributed by atoms with van der Waals surface area (Å²) in [5.74, 6) is 1.24. The van der Waals surface area contributed by atoms with Crippen LogP contribution in [0.5, 0.6) is 5.75 Å². The molecule has 0 aliphatic heterocycles. The topological polar surface area (TPSA) is 32.6 Å². The average Bonchev–Trinajstić information content (AvgIpc) is 2.53. The van der Waals surface area contributed by atoms with E-state index in [1.165, 1.54) is 38.5 Å². The van der Waals surface area contributed by atoms with E-state index in [4.69, 9.17) is 4.99 Å². The van der Waals surface area contributed by atoms with Gasteiger partial charge in [0.1, 0.15) is 5.75 Å². The number of hydrogen-bond acceptors (Lipinski definition) is 2. The van der Waals surface area contributed by atoms with Crippen LogP contribution < -0.4 is 0 Å². The Morgan fingerprint density at radius 1 is 1.00 bits per heavy atom. The normalized spacial score (nSPS) is 38.5. The Labute approximate surface area is 156 Å². The Morgan fingerprint density at radius 2 is 1.73 bits per heavy atom. The summed E-state index contributed by atoms with van der Waals surface area (Å²) in [4.78, 5) is 4.92. The van der Waals surface area contributed by atoms with E-state index in [0.29, 0.717) is 22.0 Å². The van der Waals surface area contributed by atoms with Gasteiger partial charge in [0.05, 0.1) is 0 Å². The van der Waals surface area contributed by atoms with Crippen molar-refractivity contribution >= 4 is 17.0 Å². The monoisotopic (exact) mass is 347 g/mol. The van der Waals surface area contributed by atoms with Crippen LogP contribution in [-0.2, 0) is 0 Å². The van der Waals surface area contributed by atoms with E-state index >= 15 is 0 Å². The van der Waals surface area contributed by atoms with Crippen LogP contribution in [0.3, 0.4) is 0 Å². The minimum atomic E-state index is 0.330. The predicted octanol–water partition coefficient (Wildman–Crippen LogP) is 5.96. The van der Waals surface area contributed by atoms with Crippen molar-refractivity contribution in [3.8, 4) is 5.75 Å². The summed E-state index contributed by atoms with van der Waals surface area (Å²) in [6.45, 7) is 5.95.